The molecule has 0 spiro atoms. The molecule has 2 saturated carbocycles. The van der Waals surface area contributed by atoms with E-state index in [4.69, 9.17) is 0 Å². The highest BCUT2D eigenvalue weighted by atomic mass is 16.2. The molecule has 6 atom stereocenters. The monoisotopic (exact) mass is 496 g/mol. The van der Waals surface area contributed by atoms with Crippen LogP contribution in [0.3, 0.4) is 0 Å². The highest BCUT2D eigenvalue weighted by Gasteiger charge is 2.60. The standard InChI is InChI=1S/C33H40N2O2/c1-32-19-16-28-26(22-34-30-21-25(36)15-18-33(28,30)2)27(32)13-14-29(32)31(37)35(24-11-7-4-8-12-24)20-17-23-9-5-3-6-10-23/h3-12,21,26-29,34H,13-20,22H2,1-2H3/t26-,27-,28+,29?,32-,33+/m0/s1. The first-order chi connectivity index (χ1) is 17.9. The molecular weight excluding hydrogens is 456 g/mol. The third-order valence-electron chi connectivity index (χ3n) is 10.7. The molecule has 0 bridgehead atoms. The first kappa shape index (κ1) is 24.5. The van der Waals surface area contributed by atoms with Gasteiger partial charge < -0.3 is 10.2 Å². The van der Waals surface area contributed by atoms with Crippen molar-refractivity contribution in [3.8, 4) is 0 Å². The summed E-state index contributed by atoms with van der Waals surface area (Å²) in [6, 6.07) is 20.8. The van der Waals surface area contributed by atoms with Crippen LogP contribution in [0.15, 0.2) is 72.4 Å². The van der Waals surface area contributed by atoms with Crippen molar-refractivity contribution in [2.45, 2.75) is 58.8 Å². The van der Waals surface area contributed by atoms with Gasteiger partial charge in [-0.1, -0.05) is 62.4 Å². The van der Waals surface area contributed by atoms with Gasteiger partial charge in [0.05, 0.1) is 0 Å². The Balaban J connectivity index is 1.25. The quantitative estimate of drug-likeness (QED) is 0.538. The average molecular weight is 497 g/mol. The van der Waals surface area contributed by atoms with Crippen LogP contribution in [0.2, 0.25) is 0 Å². The molecule has 3 fully saturated rings. The van der Waals surface area contributed by atoms with Crippen LogP contribution in [0.5, 0.6) is 0 Å². The first-order valence-electron chi connectivity index (χ1n) is 14.3. The molecule has 3 aliphatic carbocycles. The van der Waals surface area contributed by atoms with Crippen molar-refractivity contribution < 1.29 is 9.59 Å². The molecule has 1 unspecified atom stereocenters. The Bertz CT molecular complexity index is 1190. The van der Waals surface area contributed by atoms with E-state index in [-0.39, 0.29) is 22.5 Å². The van der Waals surface area contributed by atoms with Crippen LogP contribution >= 0.6 is 0 Å². The fourth-order valence-corrected chi connectivity index (χ4v) is 8.60. The minimum absolute atomic E-state index is 0.0295. The molecule has 4 heteroatoms. The largest absolute Gasteiger partial charge is 0.387 e. The Hall–Kier alpha value is -2.88. The second kappa shape index (κ2) is 9.45. The predicted molar refractivity (Wildman–Crippen MR) is 148 cm³/mol. The van der Waals surface area contributed by atoms with Gasteiger partial charge in [0.15, 0.2) is 5.78 Å². The Labute approximate surface area is 221 Å². The fraction of sp³-hybridized carbons (Fsp3) is 0.515. The molecular formula is C33H40N2O2. The third-order valence-corrected chi connectivity index (χ3v) is 10.7. The van der Waals surface area contributed by atoms with Gasteiger partial charge in [-0.05, 0) is 79.4 Å². The van der Waals surface area contributed by atoms with Crippen molar-refractivity contribution in [3.05, 3.63) is 78.0 Å². The van der Waals surface area contributed by atoms with Crippen molar-refractivity contribution in [1.82, 2.24) is 5.32 Å². The van der Waals surface area contributed by atoms with Crippen LogP contribution in [0, 0.1) is 34.5 Å². The first-order valence-corrected chi connectivity index (χ1v) is 14.3. The summed E-state index contributed by atoms with van der Waals surface area (Å²) in [6.07, 6.45) is 8.74. The van der Waals surface area contributed by atoms with E-state index in [1.807, 2.05) is 30.3 Å². The number of allylic oxidation sites excluding steroid dienone is 2. The smallest absolute Gasteiger partial charge is 0.230 e. The summed E-state index contributed by atoms with van der Waals surface area (Å²) < 4.78 is 0. The molecule has 194 valence electrons. The Morgan fingerprint density at radius 3 is 2.43 bits per heavy atom. The lowest BCUT2D eigenvalue weighted by atomic mass is 9.50. The summed E-state index contributed by atoms with van der Waals surface area (Å²) in [6.45, 7) is 6.45. The third kappa shape index (κ3) is 4.13. The molecule has 4 aliphatic rings. The Kier molecular flexibility index (Phi) is 6.25. The fourth-order valence-electron chi connectivity index (χ4n) is 8.60. The SMILES string of the molecule is C[C@]12CCC(=O)C=C1NC[C@@H]1[C@H]2CC[C@]2(C)C(C(=O)N(CCc3ccccc3)c3ccccc3)CC[C@@H]12. The number of hydrogen-bond donors (Lipinski definition) is 1. The van der Waals surface area contributed by atoms with Crippen molar-refractivity contribution in [3.63, 3.8) is 0 Å². The average Bonchev–Trinajstić information content (AvgIpc) is 3.27. The van der Waals surface area contributed by atoms with Gasteiger partial charge >= 0.3 is 0 Å². The van der Waals surface area contributed by atoms with E-state index in [0.29, 0.717) is 36.6 Å². The number of carbonyl (C=O) groups excluding carboxylic acids is 2. The second-order valence-electron chi connectivity index (χ2n) is 12.4. The lowest BCUT2D eigenvalue weighted by Gasteiger charge is -2.58. The molecule has 37 heavy (non-hydrogen) atoms. The maximum absolute atomic E-state index is 14.4. The number of rotatable bonds is 5. The number of para-hydroxylation sites is 1. The van der Waals surface area contributed by atoms with Crippen LogP contribution < -0.4 is 10.2 Å². The number of hydrogen-bond acceptors (Lipinski definition) is 3. The van der Waals surface area contributed by atoms with Crippen LogP contribution in [-0.4, -0.2) is 24.8 Å². The van der Waals surface area contributed by atoms with Gasteiger partial charge in [-0.25, -0.2) is 0 Å². The lowest BCUT2D eigenvalue weighted by Crippen LogP contribution is -2.57. The van der Waals surface area contributed by atoms with E-state index < -0.39 is 0 Å². The minimum Gasteiger partial charge on any atom is -0.387 e. The van der Waals surface area contributed by atoms with E-state index in [1.165, 1.54) is 11.3 Å². The minimum atomic E-state index is 0.0295. The number of anilines is 1. The molecule has 4 nitrogen and oxygen atoms in total. The molecule has 6 rings (SSSR count). The van der Waals surface area contributed by atoms with E-state index >= 15 is 0 Å². The summed E-state index contributed by atoms with van der Waals surface area (Å²) in [5, 5.41) is 3.70. The molecule has 2 aromatic rings. The molecule has 1 aliphatic heterocycles. The summed E-state index contributed by atoms with van der Waals surface area (Å²) in [5.41, 5.74) is 3.56. The maximum atomic E-state index is 14.4. The van der Waals surface area contributed by atoms with Crippen LogP contribution in [0.1, 0.15) is 57.9 Å². The number of benzene rings is 2. The van der Waals surface area contributed by atoms with Gasteiger partial charge in [0.2, 0.25) is 5.91 Å². The zero-order chi connectivity index (χ0) is 25.6. The summed E-state index contributed by atoms with van der Waals surface area (Å²) in [5.74, 6) is 2.36. The maximum Gasteiger partial charge on any atom is 0.230 e. The van der Waals surface area contributed by atoms with Gasteiger partial charge in [0, 0.05) is 48.3 Å². The molecule has 1 amide bonds. The van der Waals surface area contributed by atoms with Crippen molar-refractivity contribution in [1.29, 1.82) is 0 Å². The zero-order valence-corrected chi connectivity index (χ0v) is 22.3. The number of amides is 1. The molecule has 0 aromatic heterocycles. The number of nitrogens with zero attached hydrogens (tertiary/aromatic N) is 1. The number of nitrogens with one attached hydrogen (secondary N) is 1. The highest BCUT2D eigenvalue weighted by molar-refractivity contribution is 5.96. The number of fused-ring (bicyclic) bond motifs is 5. The van der Waals surface area contributed by atoms with Crippen molar-refractivity contribution in [2.24, 2.45) is 34.5 Å². The topological polar surface area (TPSA) is 49.4 Å². The predicted octanol–water partition coefficient (Wildman–Crippen LogP) is 6.18. The highest BCUT2D eigenvalue weighted by Crippen LogP contribution is 2.64. The lowest BCUT2D eigenvalue weighted by molar-refractivity contribution is -0.130. The summed E-state index contributed by atoms with van der Waals surface area (Å²) >= 11 is 0. The number of ketones is 1. The van der Waals surface area contributed by atoms with Crippen LogP contribution in [-0.2, 0) is 16.0 Å². The van der Waals surface area contributed by atoms with Gasteiger partial charge in [-0.3, -0.25) is 9.59 Å². The van der Waals surface area contributed by atoms with Crippen molar-refractivity contribution >= 4 is 17.4 Å². The Morgan fingerprint density at radius 1 is 0.946 bits per heavy atom. The van der Waals surface area contributed by atoms with Crippen LogP contribution in [0.25, 0.3) is 0 Å². The van der Waals surface area contributed by atoms with Crippen molar-refractivity contribution in [2.75, 3.05) is 18.0 Å². The van der Waals surface area contributed by atoms with Gasteiger partial charge in [-0.2, -0.15) is 0 Å². The molecule has 0 radical (unpaired) electrons. The summed E-state index contributed by atoms with van der Waals surface area (Å²) in [4.78, 5) is 28.6. The zero-order valence-electron chi connectivity index (χ0n) is 22.3. The normalized spacial score (nSPS) is 34.4. The van der Waals surface area contributed by atoms with E-state index in [1.54, 1.807) is 0 Å². The van der Waals surface area contributed by atoms with Gasteiger partial charge in [0.1, 0.15) is 0 Å². The molecule has 1 N–H and O–H groups in total. The van der Waals surface area contributed by atoms with Crippen LogP contribution in [0.4, 0.5) is 5.69 Å². The van der Waals surface area contributed by atoms with Gasteiger partial charge in [-0.15, -0.1) is 0 Å². The molecule has 1 saturated heterocycles. The summed E-state index contributed by atoms with van der Waals surface area (Å²) in [7, 11) is 0. The molecule has 1 heterocycles. The number of piperidine rings is 1. The number of carbonyl (C=O) groups is 2. The van der Waals surface area contributed by atoms with E-state index in [0.717, 1.165) is 50.8 Å². The Morgan fingerprint density at radius 2 is 1.68 bits per heavy atom. The van der Waals surface area contributed by atoms with E-state index in [9.17, 15) is 9.59 Å². The molecule has 2 aromatic carbocycles. The van der Waals surface area contributed by atoms with E-state index in [2.05, 4.69) is 60.5 Å². The van der Waals surface area contributed by atoms with Gasteiger partial charge in [0.25, 0.3) is 0 Å². The second-order valence-corrected chi connectivity index (χ2v) is 12.4.